The van der Waals surface area contributed by atoms with Gasteiger partial charge in [-0.3, -0.25) is 0 Å². The third-order valence-corrected chi connectivity index (χ3v) is 0. The molecule has 0 bridgehead atoms. The molecule has 0 aromatic carbocycles. The molecule has 0 spiro atoms. The molecule has 0 fully saturated rings. The summed E-state index contributed by atoms with van der Waals surface area (Å²) in [6.45, 7) is 0. The molecule has 4 heteroatoms. The Labute approximate surface area is 57.6 Å². The number of hydrogen-bond donors (Lipinski definition) is 1. The van der Waals surface area contributed by atoms with E-state index in [0.29, 0.717) is 0 Å². The van der Waals surface area contributed by atoms with Gasteiger partial charge >= 0.3 is 57.7 Å². The normalized spacial score (nSPS) is 5.00. The first-order chi connectivity index (χ1) is 1.73. The molecule has 30 valence electrons. The minimum atomic E-state index is -0.833. The van der Waals surface area contributed by atoms with Crippen LogP contribution in [0.1, 0.15) is 0 Å². The van der Waals surface area contributed by atoms with Crippen molar-refractivity contribution in [3.05, 3.63) is 0 Å². The van der Waals surface area contributed by atoms with Crippen molar-refractivity contribution in [3.8, 4) is 0 Å². The van der Waals surface area contributed by atoms with Crippen molar-refractivity contribution >= 4 is 47.8 Å². The van der Waals surface area contributed by atoms with Crippen molar-refractivity contribution in [3.63, 3.8) is 0 Å². The molecular weight excluding hydrogens is 328 g/mol. The van der Waals surface area contributed by atoms with Gasteiger partial charge in [0, 0.05) is 0 Å². The topological polar surface area (TPSA) is 37.3 Å². The van der Waals surface area contributed by atoms with Crippen LogP contribution in [0.25, 0.3) is 0 Å². The molecule has 2 radical (unpaired) electrons. The predicted molar refractivity (Wildman–Crippen MR) is 23.7 cm³/mol. The Morgan fingerprint density at radius 2 is 1.80 bits per heavy atom. The van der Waals surface area contributed by atoms with Gasteiger partial charge in [0.05, 0.1) is 0 Å². The standard InChI is InChI=1S/CH2AsO2.Bi.2H/c2-1(3)4;;;/h2H,(H,3,4);;;. The molecule has 0 rings (SSSR count). The number of rotatable bonds is 0. The SMILES string of the molecule is O=C(O)[AsH].[BiH2]. The van der Waals surface area contributed by atoms with E-state index in [1.165, 1.54) is 0 Å². The first-order valence-corrected chi connectivity index (χ1v) is 1.73. The molecule has 0 unspecified atom stereocenters. The minimum absolute atomic E-state index is 0. The van der Waals surface area contributed by atoms with Gasteiger partial charge < -0.3 is 0 Å². The molecule has 0 aromatic rings. The van der Waals surface area contributed by atoms with E-state index in [1.807, 2.05) is 0 Å². The number of carbonyl (C=O) groups is 1. The van der Waals surface area contributed by atoms with Crippen LogP contribution in [0.2, 0.25) is 0 Å². The number of hydrogen-bond acceptors (Lipinski definition) is 1. The molecule has 5 heavy (non-hydrogen) atoms. The maximum absolute atomic E-state index is 9.00. The molecule has 0 aliphatic carbocycles. The summed E-state index contributed by atoms with van der Waals surface area (Å²) in [4.78, 5) is 9.00. The van der Waals surface area contributed by atoms with Crippen LogP contribution in [0.15, 0.2) is 0 Å². The quantitative estimate of drug-likeness (QED) is 0.557. The monoisotopic (exact) mass is 332 g/mol. The molecule has 0 saturated heterocycles. The van der Waals surface area contributed by atoms with Gasteiger partial charge in [-0.05, 0) is 0 Å². The molecule has 0 atom stereocenters. The van der Waals surface area contributed by atoms with Crippen molar-refractivity contribution in [2.75, 3.05) is 0 Å². The average Bonchev–Trinajstić information content (AvgIpc) is 0.811. The second kappa shape index (κ2) is 4.91. The van der Waals surface area contributed by atoms with Crippen molar-refractivity contribution in [1.82, 2.24) is 0 Å². The summed E-state index contributed by atoms with van der Waals surface area (Å²) < 4.78 is -0.833. The van der Waals surface area contributed by atoms with E-state index < -0.39 is 4.76 Å². The molecule has 0 aromatic heterocycles. The molecule has 0 heterocycles. The summed E-state index contributed by atoms with van der Waals surface area (Å²) in [5, 5.41) is 7.42. The summed E-state index contributed by atoms with van der Waals surface area (Å²) >= 11 is 1.08. The van der Waals surface area contributed by atoms with Crippen LogP contribution in [0.3, 0.4) is 0 Å². The van der Waals surface area contributed by atoms with E-state index in [9.17, 15) is 0 Å². The second-order valence-corrected chi connectivity index (χ2v) is 1.20. The van der Waals surface area contributed by atoms with Crippen LogP contribution in [0, 0.1) is 0 Å². The fraction of sp³-hybridized carbons (Fsp3) is 0. The third-order valence-electron chi connectivity index (χ3n) is 0. The Morgan fingerprint density at radius 1 is 1.80 bits per heavy atom. The van der Waals surface area contributed by atoms with Gasteiger partial charge in [-0.1, -0.05) is 0 Å². The van der Waals surface area contributed by atoms with E-state index in [1.54, 1.807) is 0 Å². The van der Waals surface area contributed by atoms with Gasteiger partial charge in [0.25, 0.3) is 0 Å². The summed E-state index contributed by atoms with van der Waals surface area (Å²) in [7, 11) is 0. The molecule has 0 aliphatic heterocycles. The Morgan fingerprint density at radius 3 is 1.80 bits per heavy atom. The van der Waals surface area contributed by atoms with Crippen LogP contribution in [-0.2, 0) is 0 Å². The van der Waals surface area contributed by atoms with E-state index in [-0.39, 0.29) is 26.2 Å². The first kappa shape index (κ1) is 9.32. The van der Waals surface area contributed by atoms with Gasteiger partial charge in [-0.25, -0.2) is 0 Å². The van der Waals surface area contributed by atoms with E-state index in [0.717, 1.165) is 16.9 Å². The van der Waals surface area contributed by atoms with Crippen LogP contribution in [0.5, 0.6) is 0 Å². The fourth-order valence-corrected chi connectivity index (χ4v) is 0. The molecule has 2 nitrogen and oxygen atoms in total. The van der Waals surface area contributed by atoms with Gasteiger partial charge in [-0.2, -0.15) is 0 Å². The van der Waals surface area contributed by atoms with Gasteiger partial charge in [0.2, 0.25) is 0 Å². The van der Waals surface area contributed by atoms with Crippen molar-refractivity contribution in [2.24, 2.45) is 0 Å². The molecular formula is CH4AsBiO2. The zero-order valence-corrected chi connectivity index (χ0v) is 9.02. The molecule has 0 amide bonds. The predicted octanol–water partition coefficient (Wildman–Crippen LogP) is -1.35. The summed E-state index contributed by atoms with van der Waals surface area (Å²) in [6, 6.07) is 0. The Bertz CT molecular complexity index is 32.6. The van der Waals surface area contributed by atoms with Crippen molar-refractivity contribution < 1.29 is 9.90 Å². The second-order valence-electron chi connectivity index (χ2n) is 0.305. The van der Waals surface area contributed by atoms with Crippen LogP contribution < -0.4 is 0 Å². The van der Waals surface area contributed by atoms with Crippen molar-refractivity contribution in [1.29, 1.82) is 0 Å². The average molecular weight is 332 g/mol. The van der Waals surface area contributed by atoms with Gasteiger partial charge in [0.1, 0.15) is 0 Å². The third kappa shape index (κ3) is 50.1. The zero-order valence-electron chi connectivity index (χ0n) is 2.43. The zero-order chi connectivity index (χ0) is 3.58. The van der Waals surface area contributed by atoms with Crippen LogP contribution in [0.4, 0.5) is 4.79 Å². The summed E-state index contributed by atoms with van der Waals surface area (Å²) in [5.41, 5.74) is 0. The van der Waals surface area contributed by atoms with E-state index in [2.05, 4.69) is 0 Å². The van der Waals surface area contributed by atoms with Gasteiger partial charge in [0.15, 0.2) is 0 Å². The summed E-state index contributed by atoms with van der Waals surface area (Å²) in [6.07, 6.45) is 0. The van der Waals surface area contributed by atoms with E-state index >= 15 is 0 Å². The maximum atomic E-state index is 9.00. The Hall–Kier alpha value is 0.912. The number of carboxylic acid groups (broad SMARTS) is 1. The van der Waals surface area contributed by atoms with E-state index in [4.69, 9.17) is 9.90 Å². The Kier molecular flexibility index (Phi) is 9.16. The van der Waals surface area contributed by atoms with Crippen molar-refractivity contribution in [2.45, 2.75) is 0 Å². The van der Waals surface area contributed by atoms with Crippen LogP contribution in [-0.4, -0.2) is 52.9 Å². The Balaban J connectivity index is 0. The molecule has 0 aliphatic rings. The summed E-state index contributed by atoms with van der Waals surface area (Å²) in [5.74, 6) is 0. The molecule has 1 N–H and O–H groups in total. The van der Waals surface area contributed by atoms with Gasteiger partial charge in [-0.15, -0.1) is 0 Å². The van der Waals surface area contributed by atoms with Crippen LogP contribution >= 0.6 is 0 Å². The first-order valence-electron chi connectivity index (χ1n) is 0.678. The molecule has 0 saturated carbocycles. The fourth-order valence-electron chi connectivity index (χ4n) is 0.